The van der Waals surface area contributed by atoms with Gasteiger partial charge in [-0.1, -0.05) is 12.8 Å². The number of aryl methyl sites for hydroxylation is 1. The maximum atomic E-state index is 5.37. The van der Waals surface area contributed by atoms with Crippen LogP contribution in [0.15, 0.2) is 18.2 Å². The molecule has 0 amide bonds. The molecule has 4 heteroatoms. The van der Waals surface area contributed by atoms with Crippen LogP contribution in [0.5, 0.6) is 5.75 Å². The molecule has 1 heterocycles. The van der Waals surface area contributed by atoms with Gasteiger partial charge >= 0.3 is 0 Å². The van der Waals surface area contributed by atoms with Crippen LogP contribution in [-0.2, 0) is 6.54 Å². The normalized spacial score (nSPS) is 15.4. The zero-order valence-corrected chi connectivity index (χ0v) is 10.7. The summed E-state index contributed by atoms with van der Waals surface area (Å²) in [4.78, 5) is 3.24. The fourth-order valence-corrected chi connectivity index (χ4v) is 2.51. The molecule has 1 fully saturated rings. The van der Waals surface area contributed by atoms with Crippen LogP contribution in [-0.4, -0.2) is 16.7 Å². The van der Waals surface area contributed by atoms with Crippen LogP contribution in [0.3, 0.4) is 0 Å². The molecule has 3 rings (SSSR count). The van der Waals surface area contributed by atoms with E-state index >= 15 is 0 Å². The molecule has 1 saturated carbocycles. The van der Waals surface area contributed by atoms with Gasteiger partial charge in [0.2, 0.25) is 0 Å². The highest BCUT2D eigenvalue weighted by Gasteiger charge is 2.21. The van der Waals surface area contributed by atoms with Gasteiger partial charge in [-0.3, -0.25) is 0 Å². The first kappa shape index (κ1) is 10.8. The number of H-pyrrole nitrogens is 1. The van der Waals surface area contributed by atoms with E-state index in [0.717, 1.165) is 28.5 Å². The molecule has 1 N–H and O–H groups in total. The third-order valence-corrected chi connectivity index (χ3v) is 3.76. The maximum Gasteiger partial charge on any atom is 0.178 e. The standard InChI is InChI=1S/C13H16N2OS/c1-16-10-4-5-12-11(8-10)14-13(17)15(12)7-6-9-2-3-9/h4-5,8-9H,2-3,6-7H2,1H3,(H,14,17). The fourth-order valence-electron chi connectivity index (χ4n) is 2.21. The van der Waals surface area contributed by atoms with E-state index < -0.39 is 0 Å². The summed E-state index contributed by atoms with van der Waals surface area (Å²) >= 11 is 5.37. The summed E-state index contributed by atoms with van der Waals surface area (Å²) in [6, 6.07) is 6.06. The second kappa shape index (κ2) is 4.18. The Balaban J connectivity index is 1.98. The van der Waals surface area contributed by atoms with E-state index in [2.05, 4.69) is 15.6 Å². The summed E-state index contributed by atoms with van der Waals surface area (Å²) in [5.74, 6) is 1.79. The van der Waals surface area contributed by atoms with Gasteiger partial charge in [0.05, 0.1) is 18.1 Å². The highest BCUT2D eigenvalue weighted by molar-refractivity contribution is 7.71. The number of nitrogens with one attached hydrogen (secondary N) is 1. The highest BCUT2D eigenvalue weighted by Crippen LogP contribution is 2.33. The summed E-state index contributed by atoms with van der Waals surface area (Å²) in [6.45, 7) is 1.02. The van der Waals surface area contributed by atoms with E-state index in [9.17, 15) is 0 Å². The smallest absolute Gasteiger partial charge is 0.178 e. The molecule has 3 nitrogen and oxygen atoms in total. The minimum atomic E-state index is 0.814. The van der Waals surface area contributed by atoms with Gasteiger partial charge < -0.3 is 14.3 Å². The summed E-state index contributed by atoms with van der Waals surface area (Å²) < 4.78 is 8.23. The van der Waals surface area contributed by atoms with E-state index in [1.807, 2.05) is 12.1 Å². The Labute approximate surface area is 105 Å². The average Bonchev–Trinajstić information content (AvgIpc) is 3.10. The van der Waals surface area contributed by atoms with Crippen LogP contribution in [0, 0.1) is 10.7 Å². The molecule has 1 aliphatic rings. The van der Waals surface area contributed by atoms with E-state index in [4.69, 9.17) is 17.0 Å². The van der Waals surface area contributed by atoms with Gasteiger partial charge in [0.25, 0.3) is 0 Å². The quantitative estimate of drug-likeness (QED) is 0.839. The molecule has 17 heavy (non-hydrogen) atoms. The molecular weight excluding hydrogens is 232 g/mol. The van der Waals surface area contributed by atoms with Crippen molar-refractivity contribution in [2.75, 3.05) is 7.11 Å². The van der Waals surface area contributed by atoms with Crippen molar-refractivity contribution in [3.63, 3.8) is 0 Å². The molecule has 0 unspecified atom stereocenters. The van der Waals surface area contributed by atoms with Crippen molar-refractivity contribution in [2.45, 2.75) is 25.8 Å². The van der Waals surface area contributed by atoms with E-state index in [0.29, 0.717) is 0 Å². The molecule has 0 atom stereocenters. The number of fused-ring (bicyclic) bond motifs is 1. The molecule has 90 valence electrons. The summed E-state index contributed by atoms with van der Waals surface area (Å²) in [7, 11) is 1.68. The first-order chi connectivity index (χ1) is 8.28. The lowest BCUT2D eigenvalue weighted by atomic mass is 10.2. The number of ether oxygens (including phenoxy) is 1. The van der Waals surface area contributed by atoms with Crippen LogP contribution >= 0.6 is 12.2 Å². The Kier molecular flexibility index (Phi) is 2.67. The zero-order chi connectivity index (χ0) is 11.8. The number of nitrogens with zero attached hydrogens (tertiary/aromatic N) is 1. The Morgan fingerprint density at radius 1 is 1.47 bits per heavy atom. The lowest BCUT2D eigenvalue weighted by molar-refractivity contribution is 0.415. The monoisotopic (exact) mass is 248 g/mol. The minimum absolute atomic E-state index is 0.814. The number of aromatic amines is 1. The number of imidazole rings is 1. The number of hydrogen-bond acceptors (Lipinski definition) is 2. The van der Waals surface area contributed by atoms with Crippen LogP contribution in [0.4, 0.5) is 0 Å². The SMILES string of the molecule is COc1ccc2c(c1)[nH]c(=S)n2CCC1CC1. The molecule has 0 bridgehead atoms. The number of methoxy groups -OCH3 is 1. The van der Waals surface area contributed by atoms with Crippen LogP contribution < -0.4 is 4.74 Å². The van der Waals surface area contributed by atoms with Crippen LogP contribution in [0.1, 0.15) is 19.3 Å². The Morgan fingerprint density at radius 3 is 3.00 bits per heavy atom. The van der Waals surface area contributed by atoms with Crippen molar-refractivity contribution < 1.29 is 4.74 Å². The highest BCUT2D eigenvalue weighted by atomic mass is 32.1. The Hall–Kier alpha value is -1.29. The zero-order valence-electron chi connectivity index (χ0n) is 9.90. The Morgan fingerprint density at radius 2 is 2.29 bits per heavy atom. The van der Waals surface area contributed by atoms with Gasteiger partial charge in [-0.15, -0.1) is 0 Å². The first-order valence-corrected chi connectivity index (χ1v) is 6.45. The van der Waals surface area contributed by atoms with Crippen LogP contribution in [0.25, 0.3) is 11.0 Å². The lowest BCUT2D eigenvalue weighted by Gasteiger charge is -2.04. The molecule has 0 aliphatic heterocycles. The van der Waals surface area contributed by atoms with Crippen molar-refractivity contribution in [2.24, 2.45) is 5.92 Å². The van der Waals surface area contributed by atoms with Gasteiger partial charge in [-0.05, 0) is 36.7 Å². The van der Waals surface area contributed by atoms with Crippen molar-refractivity contribution in [3.05, 3.63) is 23.0 Å². The largest absolute Gasteiger partial charge is 0.497 e. The van der Waals surface area contributed by atoms with E-state index in [1.165, 1.54) is 24.8 Å². The van der Waals surface area contributed by atoms with Gasteiger partial charge in [0.1, 0.15) is 5.75 Å². The van der Waals surface area contributed by atoms with E-state index in [-0.39, 0.29) is 0 Å². The summed E-state index contributed by atoms with van der Waals surface area (Å²) in [5, 5.41) is 0. The molecule has 0 radical (unpaired) electrons. The summed E-state index contributed by atoms with van der Waals surface area (Å²) in [6.07, 6.45) is 4.03. The molecular formula is C13H16N2OS. The topological polar surface area (TPSA) is 29.9 Å². The maximum absolute atomic E-state index is 5.37. The summed E-state index contributed by atoms with van der Waals surface area (Å²) in [5.41, 5.74) is 2.24. The second-order valence-electron chi connectivity index (χ2n) is 4.70. The van der Waals surface area contributed by atoms with Gasteiger partial charge in [-0.25, -0.2) is 0 Å². The van der Waals surface area contributed by atoms with E-state index in [1.54, 1.807) is 7.11 Å². The van der Waals surface area contributed by atoms with Crippen molar-refractivity contribution in [1.29, 1.82) is 0 Å². The van der Waals surface area contributed by atoms with Gasteiger partial charge in [-0.2, -0.15) is 0 Å². The second-order valence-corrected chi connectivity index (χ2v) is 5.08. The lowest BCUT2D eigenvalue weighted by Crippen LogP contribution is -1.98. The van der Waals surface area contributed by atoms with Gasteiger partial charge in [0.15, 0.2) is 4.77 Å². The molecule has 2 aromatic rings. The number of aromatic nitrogens is 2. The van der Waals surface area contributed by atoms with Crippen LogP contribution in [0.2, 0.25) is 0 Å². The fraction of sp³-hybridized carbons (Fsp3) is 0.462. The molecule has 1 aromatic carbocycles. The number of benzene rings is 1. The number of hydrogen-bond donors (Lipinski definition) is 1. The predicted molar refractivity (Wildman–Crippen MR) is 71.0 cm³/mol. The molecule has 1 aliphatic carbocycles. The molecule has 0 spiro atoms. The van der Waals surface area contributed by atoms with Crippen molar-refractivity contribution in [1.82, 2.24) is 9.55 Å². The molecule has 0 saturated heterocycles. The van der Waals surface area contributed by atoms with Crippen molar-refractivity contribution in [3.8, 4) is 5.75 Å². The Bertz CT molecular complexity index is 595. The number of rotatable bonds is 4. The van der Waals surface area contributed by atoms with Gasteiger partial charge in [0, 0.05) is 12.6 Å². The third-order valence-electron chi connectivity index (χ3n) is 3.44. The van der Waals surface area contributed by atoms with Crippen molar-refractivity contribution >= 4 is 23.3 Å². The third kappa shape index (κ3) is 2.09. The first-order valence-electron chi connectivity index (χ1n) is 6.04. The molecule has 1 aromatic heterocycles. The average molecular weight is 248 g/mol. The minimum Gasteiger partial charge on any atom is -0.497 e. The predicted octanol–water partition coefficient (Wildman–Crippen LogP) is 3.51.